The second kappa shape index (κ2) is 8.34. The number of pyridine rings is 2. The van der Waals surface area contributed by atoms with Crippen molar-refractivity contribution in [1.29, 1.82) is 0 Å². The number of anilines is 2. The summed E-state index contributed by atoms with van der Waals surface area (Å²) in [6.45, 7) is 5.52. The van der Waals surface area contributed by atoms with Gasteiger partial charge in [-0.05, 0) is 57.2 Å². The van der Waals surface area contributed by atoms with Crippen LogP contribution in [0.15, 0.2) is 42.6 Å². The topological polar surface area (TPSA) is 64.1 Å². The van der Waals surface area contributed by atoms with Gasteiger partial charge in [0.15, 0.2) is 5.65 Å². The third-order valence-corrected chi connectivity index (χ3v) is 3.80. The van der Waals surface area contributed by atoms with Crippen LogP contribution in [0.4, 0.5) is 11.4 Å². The summed E-state index contributed by atoms with van der Waals surface area (Å²) in [5, 5.41) is 4.67. The van der Waals surface area contributed by atoms with Gasteiger partial charge >= 0.3 is 5.97 Å². The number of carbonyl (C=O) groups is 1. The van der Waals surface area contributed by atoms with E-state index < -0.39 is 5.97 Å². The van der Waals surface area contributed by atoms with Crippen LogP contribution in [0.25, 0.3) is 11.0 Å². The van der Waals surface area contributed by atoms with E-state index in [-0.39, 0.29) is 18.5 Å². The Hall–Kier alpha value is -2.37. The molecule has 0 fully saturated rings. The van der Waals surface area contributed by atoms with Crippen molar-refractivity contribution in [3.05, 3.63) is 58.9 Å². The number of nitrogens with zero attached hydrogens (tertiary/aromatic N) is 2. The number of aryl methyl sites for hydroxylation is 1. The van der Waals surface area contributed by atoms with Crippen LogP contribution in [-0.2, 0) is 4.74 Å². The standard InChI is InChI=1S/C19H18ClN3O2.ClH/c1-11(2)25-19(24)16-10-21-18-15(9-4-12(3)22-18)17(16)23-14-7-5-13(20)6-8-14;/h4-11H,1-3H3,(H,21,22,23);1H. The molecule has 136 valence electrons. The zero-order valence-electron chi connectivity index (χ0n) is 14.6. The molecule has 0 bridgehead atoms. The van der Waals surface area contributed by atoms with E-state index in [2.05, 4.69) is 15.3 Å². The number of carbonyl (C=O) groups excluding carboxylic acids is 1. The van der Waals surface area contributed by atoms with Gasteiger partial charge in [-0.15, -0.1) is 12.4 Å². The molecule has 1 aromatic carbocycles. The molecule has 0 unspecified atom stereocenters. The van der Waals surface area contributed by atoms with Crippen LogP contribution >= 0.6 is 24.0 Å². The molecule has 26 heavy (non-hydrogen) atoms. The maximum atomic E-state index is 12.5. The molecule has 0 amide bonds. The third-order valence-electron chi connectivity index (χ3n) is 3.55. The summed E-state index contributed by atoms with van der Waals surface area (Å²) >= 11 is 5.94. The molecule has 1 N–H and O–H groups in total. The maximum absolute atomic E-state index is 12.5. The van der Waals surface area contributed by atoms with E-state index in [0.717, 1.165) is 16.8 Å². The van der Waals surface area contributed by atoms with E-state index in [0.29, 0.717) is 21.9 Å². The van der Waals surface area contributed by atoms with E-state index in [1.54, 1.807) is 12.1 Å². The lowest BCUT2D eigenvalue weighted by molar-refractivity contribution is 0.0379. The predicted molar refractivity (Wildman–Crippen MR) is 107 cm³/mol. The Labute approximate surface area is 163 Å². The quantitative estimate of drug-likeness (QED) is 0.609. The second-order valence-electron chi connectivity index (χ2n) is 5.96. The van der Waals surface area contributed by atoms with Crippen molar-refractivity contribution in [2.24, 2.45) is 0 Å². The monoisotopic (exact) mass is 391 g/mol. The summed E-state index contributed by atoms with van der Waals surface area (Å²) < 4.78 is 5.35. The van der Waals surface area contributed by atoms with Crippen molar-refractivity contribution in [2.75, 3.05) is 5.32 Å². The van der Waals surface area contributed by atoms with Gasteiger partial charge in [0.25, 0.3) is 0 Å². The maximum Gasteiger partial charge on any atom is 0.342 e. The summed E-state index contributed by atoms with van der Waals surface area (Å²) in [6, 6.07) is 11.0. The van der Waals surface area contributed by atoms with Crippen LogP contribution in [0.3, 0.4) is 0 Å². The number of nitrogens with one attached hydrogen (secondary N) is 1. The molecular formula is C19H19Cl2N3O2. The number of hydrogen-bond acceptors (Lipinski definition) is 5. The molecule has 0 saturated heterocycles. The van der Waals surface area contributed by atoms with Crippen molar-refractivity contribution >= 4 is 52.4 Å². The zero-order valence-corrected chi connectivity index (χ0v) is 16.2. The molecule has 5 nitrogen and oxygen atoms in total. The highest BCUT2D eigenvalue weighted by Gasteiger charge is 2.19. The van der Waals surface area contributed by atoms with Gasteiger partial charge in [-0.3, -0.25) is 0 Å². The molecule has 0 aliphatic rings. The van der Waals surface area contributed by atoms with Gasteiger partial charge in [-0.1, -0.05) is 11.6 Å². The number of fused-ring (bicyclic) bond motifs is 1. The molecule has 7 heteroatoms. The first-order valence-corrected chi connectivity index (χ1v) is 8.32. The van der Waals surface area contributed by atoms with Crippen molar-refractivity contribution in [3.8, 4) is 0 Å². The highest BCUT2D eigenvalue weighted by Crippen LogP contribution is 2.30. The van der Waals surface area contributed by atoms with E-state index in [1.807, 2.05) is 45.0 Å². The normalized spacial score (nSPS) is 10.5. The minimum atomic E-state index is -0.429. The Bertz CT molecular complexity index is 928. The smallest absolute Gasteiger partial charge is 0.342 e. The fraction of sp³-hybridized carbons (Fsp3) is 0.211. The van der Waals surface area contributed by atoms with Crippen molar-refractivity contribution < 1.29 is 9.53 Å². The fourth-order valence-electron chi connectivity index (χ4n) is 2.42. The molecule has 0 aliphatic carbocycles. The largest absolute Gasteiger partial charge is 0.459 e. The van der Waals surface area contributed by atoms with Gasteiger partial charge in [0.05, 0.1) is 11.8 Å². The number of aromatic nitrogens is 2. The fourth-order valence-corrected chi connectivity index (χ4v) is 2.54. The van der Waals surface area contributed by atoms with Gasteiger partial charge in [-0.25, -0.2) is 14.8 Å². The SMILES string of the molecule is Cc1ccc2c(Nc3ccc(Cl)cc3)c(C(=O)OC(C)C)cnc2n1.Cl. The first-order valence-electron chi connectivity index (χ1n) is 7.94. The van der Waals surface area contributed by atoms with Crippen molar-refractivity contribution in [3.63, 3.8) is 0 Å². The summed E-state index contributed by atoms with van der Waals surface area (Å²) in [6.07, 6.45) is 1.28. The number of esters is 1. The molecule has 2 heterocycles. The summed E-state index contributed by atoms with van der Waals surface area (Å²) in [5.74, 6) is -0.429. The van der Waals surface area contributed by atoms with Crippen molar-refractivity contribution in [1.82, 2.24) is 9.97 Å². The summed E-state index contributed by atoms with van der Waals surface area (Å²) in [4.78, 5) is 21.2. The van der Waals surface area contributed by atoms with Crippen LogP contribution in [0.1, 0.15) is 29.9 Å². The van der Waals surface area contributed by atoms with Crippen LogP contribution in [0.5, 0.6) is 0 Å². The molecule has 0 spiro atoms. The van der Waals surface area contributed by atoms with E-state index in [4.69, 9.17) is 16.3 Å². The Morgan fingerprint density at radius 2 is 1.85 bits per heavy atom. The average molecular weight is 392 g/mol. The van der Waals surface area contributed by atoms with Gasteiger partial charge in [0, 0.05) is 28.0 Å². The molecule has 0 saturated carbocycles. The predicted octanol–water partition coefficient (Wildman–Crippen LogP) is 5.32. The lowest BCUT2D eigenvalue weighted by Gasteiger charge is -2.15. The minimum Gasteiger partial charge on any atom is -0.459 e. The highest BCUT2D eigenvalue weighted by atomic mass is 35.5. The first-order chi connectivity index (χ1) is 11.9. The molecule has 3 aromatic rings. The van der Waals surface area contributed by atoms with Crippen LogP contribution in [0, 0.1) is 6.92 Å². The van der Waals surface area contributed by atoms with E-state index >= 15 is 0 Å². The number of hydrogen-bond donors (Lipinski definition) is 1. The molecule has 3 rings (SSSR count). The lowest BCUT2D eigenvalue weighted by Crippen LogP contribution is -2.14. The molecule has 0 atom stereocenters. The van der Waals surface area contributed by atoms with Gasteiger partial charge in [0.1, 0.15) is 5.56 Å². The van der Waals surface area contributed by atoms with Gasteiger partial charge < -0.3 is 10.1 Å². The minimum absolute atomic E-state index is 0. The lowest BCUT2D eigenvalue weighted by atomic mass is 10.1. The van der Waals surface area contributed by atoms with Crippen LogP contribution < -0.4 is 5.32 Å². The summed E-state index contributed by atoms with van der Waals surface area (Å²) in [7, 11) is 0. The Morgan fingerprint density at radius 3 is 2.50 bits per heavy atom. The van der Waals surface area contributed by atoms with Gasteiger partial charge in [0.2, 0.25) is 0 Å². The van der Waals surface area contributed by atoms with E-state index in [9.17, 15) is 4.79 Å². The van der Waals surface area contributed by atoms with Gasteiger partial charge in [-0.2, -0.15) is 0 Å². The van der Waals surface area contributed by atoms with E-state index in [1.165, 1.54) is 6.20 Å². The van der Waals surface area contributed by atoms with Crippen LogP contribution in [0.2, 0.25) is 5.02 Å². The summed E-state index contributed by atoms with van der Waals surface area (Å²) in [5.41, 5.74) is 3.20. The molecule has 2 aromatic heterocycles. The second-order valence-corrected chi connectivity index (χ2v) is 6.39. The van der Waals surface area contributed by atoms with Crippen molar-refractivity contribution in [2.45, 2.75) is 26.9 Å². The van der Waals surface area contributed by atoms with Crippen LogP contribution in [-0.4, -0.2) is 22.0 Å². The molecule has 0 radical (unpaired) electrons. The highest BCUT2D eigenvalue weighted by molar-refractivity contribution is 6.30. The molecule has 0 aliphatic heterocycles. The number of halogens is 2. The Balaban J connectivity index is 0.00000243. The first kappa shape index (κ1) is 19.9. The number of rotatable bonds is 4. The molecular weight excluding hydrogens is 373 g/mol. The Morgan fingerprint density at radius 1 is 1.15 bits per heavy atom. The number of benzene rings is 1. The third kappa shape index (κ3) is 4.42. The number of ether oxygens (including phenoxy) is 1. The Kier molecular flexibility index (Phi) is 6.40. The average Bonchev–Trinajstić information content (AvgIpc) is 2.56. The zero-order chi connectivity index (χ0) is 18.0.